The lowest BCUT2D eigenvalue weighted by atomic mass is 9.96. The van der Waals surface area contributed by atoms with Gasteiger partial charge in [-0.1, -0.05) is 29.8 Å². The Morgan fingerprint density at radius 3 is 2.50 bits per heavy atom. The van der Waals surface area contributed by atoms with Crippen molar-refractivity contribution in [2.24, 2.45) is 11.7 Å². The summed E-state index contributed by atoms with van der Waals surface area (Å²) in [6, 6.07) is 8.09. The van der Waals surface area contributed by atoms with Crippen molar-refractivity contribution in [1.82, 2.24) is 9.80 Å². The van der Waals surface area contributed by atoms with Crippen LogP contribution in [0.25, 0.3) is 0 Å². The van der Waals surface area contributed by atoms with E-state index in [9.17, 15) is 9.59 Å². The molecule has 2 fully saturated rings. The van der Waals surface area contributed by atoms with E-state index in [2.05, 4.69) is 4.90 Å². The Labute approximate surface area is 147 Å². The van der Waals surface area contributed by atoms with E-state index < -0.39 is 0 Å². The van der Waals surface area contributed by atoms with Crippen LogP contribution in [0, 0.1) is 5.92 Å². The molecular weight excluding hydrogens is 326 g/mol. The molecule has 5 nitrogen and oxygen atoms in total. The molecule has 0 saturated carbocycles. The maximum Gasteiger partial charge on any atom is 0.236 e. The molecule has 0 aliphatic carbocycles. The number of rotatable bonds is 4. The van der Waals surface area contributed by atoms with Crippen molar-refractivity contribution in [3.63, 3.8) is 0 Å². The quantitative estimate of drug-likeness (QED) is 0.906. The Hall–Kier alpha value is -1.59. The van der Waals surface area contributed by atoms with Gasteiger partial charge in [0.1, 0.15) is 0 Å². The Morgan fingerprint density at radius 2 is 1.83 bits per heavy atom. The molecule has 0 bridgehead atoms. The minimum absolute atomic E-state index is 0.0864. The summed E-state index contributed by atoms with van der Waals surface area (Å²) in [4.78, 5) is 28.0. The number of nitrogens with zero attached hydrogens (tertiary/aromatic N) is 2. The summed E-state index contributed by atoms with van der Waals surface area (Å²) in [6.07, 6.45) is 3.46. The largest absolute Gasteiger partial charge is 0.369 e. The van der Waals surface area contributed by atoms with Gasteiger partial charge in [0, 0.05) is 30.1 Å². The number of primary amides is 1. The molecule has 3 rings (SSSR count). The van der Waals surface area contributed by atoms with Crippen LogP contribution in [0.5, 0.6) is 0 Å². The highest BCUT2D eigenvalue weighted by Gasteiger charge is 2.31. The third-order valence-electron chi connectivity index (χ3n) is 5.22. The molecule has 2 aliphatic rings. The number of likely N-dealkylation sites (tertiary alicyclic amines) is 2. The van der Waals surface area contributed by atoms with E-state index in [-0.39, 0.29) is 23.8 Å². The second-order valence-corrected chi connectivity index (χ2v) is 7.11. The molecule has 2 N–H and O–H groups in total. The van der Waals surface area contributed by atoms with E-state index >= 15 is 0 Å². The fraction of sp³-hybridized carbons (Fsp3) is 0.556. The summed E-state index contributed by atoms with van der Waals surface area (Å²) in [5, 5.41) is 0.768. The lowest BCUT2D eigenvalue weighted by molar-refractivity contribution is -0.136. The number of nitrogens with two attached hydrogens (primary N) is 1. The van der Waals surface area contributed by atoms with Gasteiger partial charge in [0.25, 0.3) is 0 Å². The zero-order chi connectivity index (χ0) is 17.1. The SMILES string of the molecule is NC(=O)C1CCN(C(=O)CN2CCC[C@H]2c2ccccc2Cl)CC1. The van der Waals surface area contributed by atoms with Crippen LogP contribution in [0.15, 0.2) is 24.3 Å². The predicted octanol–water partition coefficient (Wildman–Crippen LogP) is 2.20. The van der Waals surface area contributed by atoms with Crippen molar-refractivity contribution in [3.8, 4) is 0 Å². The van der Waals surface area contributed by atoms with Gasteiger partial charge in [0.05, 0.1) is 6.54 Å². The van der Waals surface area contributed by atoms with Crippen molar-refractivity contribution in [1.29, 1.82) is 0 Å². The molecule has 130 valence electrons. The Balaban J connectivity index is 1.60. The van der Waals surface area contributed by atoms with Gasteiger partial charge in [-0.25, -0.2) is 0 Å². The lowest BCUT2D eigenvalue weighted by Gasteiger charge is -2.33. The van der Waals surface area contributed by atoms with Gasteiger partial charge in [-0.3, -0.25) is 14.5 Å². The Kier molecular flexibility index (Phi) is 5.41. The summed E-state index contributed by atoms with van der Waals surface area (Å²) in [6.45, 7) is 2.57. The second-order valence-electron chi connectivity index (χ2n) is 6.71. The average Bonchev–Trinajstić information content (AvgIpc) is 3.03. The molecular formula is C18H24ClN3O2. The minimum atomic E-state index is -0.250. The lowest BCUT2D eigenvalue weighted by Crippen LogP contribution is -2.45. The van der Waals surface area contributed by atoms with Crippen molar-refractivity contribution in [3.05, 3.63) is 34.9 Å². The molecule has 0 spiro atoms. The first-order valence-electron chi connectivity index (χ1n) is 8.62. The fourth-order valence-corrected chi connectivity index (χ4v) is 4.06. The smallest absolute Gasteiger partial charge is 0.236 e. The normalized spacial score (nSPS) is 22.7. The van der Waals surface area contributed by atoms with E-state index in [1.807, 2.05) is 29.2 Å². The zero-order valence-corrected chi connectivity index (χ0v) is 14.5. The molecule has 0 aromatic heterocycles. The molecule has 2 amide bonds. The summed E-state index contributed by atoms with van der Waals surface area (Å²) in [5.41, 5.74) is 6.46. The molecule has 6 heteroatoms. The molecule has 2 heterocycles. The number of hydrogen-bond acceptors (Lipinski definition) is 3. The third kappa shape index (κ3) is 3.73. The first-order chi connectivity index (χ1) is 11.6. The molecule has 24 heavy (non-hydrogen) atoms. The van der Waals surface area contributed by atoms with Crippen LogP contribution in [-0.4, -0.2) is 47.8 Å². The summed E-state index contributed by atoms with van der Waals surface area (Å²) in [7, 11) is 0. The van der Waals surface area contributed by atoms with E-state index in [1.165, 1.54) is 0 Å². The van der Waals surface area contributed by atoms with Crippen LogP contribution in [0.2, 0.25) is 5.02 Å². The Morgan fingerprint density at radius 1 is 1.12 bits per heavy atom. The van der Waals surface area contributed by atoms with Crippen molar-refractivity contribution >= 4 is 23.4 Å². The third-order valence-corrected chi connectivity index (χ3v) is 5.56. The van der Waals surface area contributed by atoms with Crippen LogP contribution >= 0.6 is 11.6 Å². The van der Waals surface area contributed by atoms with Gasteiger partial charge in [-0.05, 0) is 43.9 Å². The molecule has 1 aromatic rings. The first kappa shape index (κ1) is 17.2. The van der Waals surface area contributed by atoms with E-state index in [0.29, 0.717) is 32.5 Å². The van der Waals surface area contributed by atoms with Crippen LogP contribution in [0.4, 0.5) is 0 Å². The van der Waals surface area contributed by atoms with Gasteiger partial charge in [-0.2, -0.15) is 0 Å². The number of carbonyl (C=O) groups excluding carboxylic acids is 2. The van der Waals surface area contributed by atoms with Gasteiger partial charge in [0.15, 0.2) is 0 Å². The van der Waals surface area contributed by atoms with Crippen LogP contribution in [0.3, 0.4) is 0 Å². The van der Waals surface area contributed by atoms with Crippen molar-refractivity contribution in [2.45, 2.75) is 31.7 Å². The highest BCUT2D eigenvalue weighted by molar-refractivity contribution is 6.31. The minimum Gasteiger partial charge on any atom is -0.369 e. The Bertz CT molecular complexity index is 614. The molecule has 0 unspecified atom stereocenters. The van der Waals surface area contributed by atoms with Crippen molar-refractivity contribution < 1.29 is 9.59 Å². The van der Waals surface area contributed by atoms with Gasteiger partial charge in [-0.15, -0.1) is 0 Å². The molecule has 2 saturated heterocycles. The first-order valence-corrected chi connectivity index (χ1v) is 8.99. The summed E-state index contributed by atoms with van der Waals surface area (Å²) < 4.78 is 0. The van der Waals surface area contributed by atoms with E-state index in [4.69, 9.17) is 17.3 Å². The van der Waals surface area contributed by atoms with Crippen LogP contribution in [0.1, 0.15) is 37.3 Å². The molecule has 2 aliphatic heterocycles. The number of amides is 2. The highest BCUT2D eigenvalue weighted by Crippen LogP contribution is 2.35. The maximum absolute atomic E-state index is 12.6. The topological polar surface area (TPSA) is 66.6 Å². The monoisotopic (exact) mass is 349 g/mol. The molecule has 1 aromatic carbocycles. The molecule has 1 atom stereocenters. The van der Waals surface area contributed by atoms with Gasteiger partial charge < -0.3 is 10.6 Å². The summed E-state index contributed by atoms with van der Waals surface area (Å²) in [5.74, 6) is -0.200. The standard InChI is InChI=1S/C18H24ClN3O2/c19-15-5-2-1-4-14(15)16-6-3-9-22(16)12-17(23)21-10-7-13(8-11-21)18(20)24/h1-2,4-5,13,16H,3,6-12H2,(H2,20,24)/t16-/m0/s1. The summed E-state index contributed by atoms with van der Waals surface area (Å²) >= 11 is 6.33. The van der Waals surface area contributed by atoms with E-state index in [0.717, 1.165) is 30.0 Å². The maximum atomic E-state index is 12.6. The number of piperidine rings is 1. The number of halogens is 1. The predicted molar refractivity (Wildman–Crippen MR) is 93.5 cm³/mol. The average molecular weight is 350 g/mol. The van der Waals surface area contributed by atoms with Crippen molar-refractivity contribution in [2.75, 3.05) is 26.2 Å². The van der Waals surface area contributed by atoms with E-state index in [1.54, 1.807) is 0 Å². The number of carbonyl (C=O) groups is 2. The zero-order valence-electron chi connectivity index (χ0n) is 13.8. The van der Waals surface area contributed by atoms with Gasteiger partial charge in [0.2, 0.25) is 11.8 Å². The highest BCUT2D eigenvalue weighted by atomic mass is 35.5. The van der Waals surface area contributed by atoms with Crippen LogP contribution < -0.4 is 5.73 Å². The second kappa shape index (κ2) is 7.53. The number of benzene rings is 1. The van der Waals surface area contributed by atoms with Gasteiger partial charge >= 0.3 is 0 Å². The van der Waals surface area contributed by atoms with Crippen LogP contribution in [-0.2, 0) is 9.59 Å². The number of hydrogen-bond donors (Lipinski definition) is 1. The fourth-order valence-electron chi connectivity index (χ4n) is 3.80. The molecule has 0 radical (unpaired) electrons.